The first-order valence-electron chi connectivity index (χ1n) is 8.23. The molecule has 0 spiro atoms. The molecule has 1 aliphatic rings. The second-order valence-electron chi connectivity index (χ2n) is 6.46. The topological polar surface area (TPSA) is 0 Å². The fourth-order valence-corrected chi connectivity index (χ4v) is 3.51. The summed E-state index contributed by atoms with van der Waals surface area (Å²) in [4.78, 5) is 0. The molecule has 0 radical (unpaired) electrons. The highest BCUT2D eigenvalue weighted by Crippen LogP contribution is 2.41. The first kappa shape index (κ1) is 15.1. The lowest BCUT2D eigenvalue weighted by molar-refractivity contribution is 0.141. The van der Waals surface area contributed by atoms with Crippen molar-refractivity contribution in [2.75, 3.05) is 0 Å². The fourth-order valence-electron chi connectivity index (χ4n) is 3.51. The Morgan fingerprint density at radius 2 is 1.06 bits per heavy atom. The van der Waals surface area contributed by atoms with Gasteiger partial charge in [-0.3, -0.25) is 0 Å². The highest BCUT2D eigenvalue weighted by Gasteiger charge is 2.29. The van der Waals surface area contributed by atoms with Gasteiger partial charge in [0.1, 0.15) is 0 Å². The molecule has 0 aromatic heterocycles. The molecule has 0 heterocycles. The average Bonchev–Trinajstić information content (AvgIpc) is 2.42. The maximum atomic E-state index is 2.54. The van der Waals surface area contributed by atoms with E-state index in [1.165, 1.54) is 77.0 Å². The Labute approximate surface area is 110 Å². The standard InChI is InChI=1S/C17H34/c1-4-17(3,5-2)16-14-12-10-8-6-7-9-11-13-15-16/h16H,4-15H2,1-3H3. The third-order valence-corrected chi connectivity index (χ3v) is 5.46. The van der Waals surface area contributed by atoms with E-state index in [1.54, 1.807) is 0 Å². The largest absolute Gasteiger partial charge is 0.0649 e. The molecule has 0 aliphatic heterocycles. The van der Waals surface area contributed by atoms with E-state index in [9.17, 15) is 0 Å². The first-order valence-corrected chi connectivity index (χ1v) is 8.23. The summed E-state index contributed by atoms with van der Waals surface area (Å²) in [7, 11) is 0. The van der Waals surface area contributed by atoms with Gasteiger partial charge in [0.2, 0.25) is 0 Å². The minimum atomic E-state index is 0.619. The monoisotopic (exact) mass is 238 g/mol. The van der Waals surface area contributed by atoms with Crippen molar-refractivity contribution in [1.82, 2.24) is 0 Å². The van der Waals surface area contributed by atoms with Crippen LogP contribution in [0.15, 0.2) is 0 Å². The van der Waals surface area contributed by atoms with Gasteiger partial charge in [-0.15, -0.1) is 0 Å². The van der Waals surface area contributed by atoms with Crippen molar-refractivity contribution in [3.63, 3.8) is 0 Å². The SMILES string of the molecule is CCC(C)(CC)C1CCCCCCCCCC1. The average molecular weight is 238 g/mol. The van der Waals surface area contributed by atoms with Crippen LogP contribution >= 0.6 is 0 Å². The maximum Gasteiger partial charge on any atom is -0.0303 e. The Morgan fingerprint density at radius 3 is 1.41 bits per heavy atom. The van der Waals surface area contributed by atoms with E-state index in [-0.39, 0.29) is 0 Å². The minimum Gasteiger partial charge on any atom is -0.0649 e. The predicted molar refractivity (Wildman–Crippen MR) is 78.3 cm³/mol. The van der Waals surface area contributed by atoms with Gasteiger partial charge in [0.15, 0.2) is 0 Å². The Bertz CT molecular complexity index is 166. The number of hydrogen-bond donors (Lipinski definition) is 0. The van der Waals surface area contributed by atoms with E-state index in [1.807, 2.05) is 0 Å². The van der Waals surface area contributed by atoms with E-state index < -0.39 is 0 Å². The molecule has 0 aromatic rings. The molecule has 0 atom stereocenters. The molecule has 0 bridgehead atoms. The van der Waals surface area contributed by atoms with Crippen molar-refractivity contribution in [2.24, 2.45) is 11.3 Å². The van der Waals surface area contributed by atoms with Gasteiger partial charge in [-0.2, -0.15) is 0 Å². The van der Waals surface area contributed by atoms with Gasteiger partial charge in [0.25, 0.3) is 0 Å². The van der Waals surface area contributed by atoms with Gasteiger partial charge in [-0.05, 0) is 24.2 Å². The Morgan fingerprint density at radius 1 is 0.706 bits per heavy atom. The van der Waals surface area contributed by atoms with Crippen molar-refractivity contribution in [3.8, 4) is 0 Å². The van der Waals surface area contributed by atoms with Gasteiger partial charge in [0, 0.05) is 0 Å². The molecule has 0 N–H and O–H groups in total. The second kappa shape index (κ2) is 8.16. The molecule has 0 amide bonds. The van der Waals surface area contributed by atoms with Gasteiger partial charge in [-0.1, -0.05) is 85.0 Å². The predicted octanol–water partition coefficient (Wildman–Crippen LogP) is 6.34. The van der Waals surface area contributed by atoms with Crippen LogP contribution in [0.1, 0.15) is 97.8 Å². The normalized spacial score (nSPS) is 22.1. The molecule has 1 fully saturated rings. The van der Waals surface area contributed by atoms with Crippen molar-refractivity contribution >= 4 is 0 Å². The van der Waals surface area contributed by atoms with Crippen LogP contribution in [-0.2, 0) is 0 Å². The van der Waals surface area contributed by atoms with Crippen LogP contribution in [-0.4, -0.2) is 0 Å². The van der Waals surface area contributed by atoms with Crippen LogP contribution in [0.5, 0.6) is 0 Å². The smallest absolute Gasteiger partial charge is 0.0303 e. The summed E-state index contributed by atoms with van der Waals surface area (Å²) in [5.74, 6) is 0.996. The lowest BCUT2D eigenvalue weighted by Crippen LogP contribution is -2.26. The maximum absolute atomic E-state index is 2.54. The van der Waals surface area contributed by atoms with E-state index >= 15 is 0 Å². The molecule has 0 unspecified atom stereocenters. The van der Waals surface area contributed by atoms with Crippen molar-refractivity contribution in [1.29, 1.82) is 0 Å². The zero-order valence-electron chi connectivity index (χ0n) is 12.6. The van der Waals surface area contributed by atoms with E-state index in [0.717, 1.165) is 5.92 Å². The molecule has 1 rings (SSSR count). The lowest BCUT2D eigenvalue weighted by Gasteiger charge is -2.37. The third-order valence-electron chi connectivity index (χ3n) is 5.46. The Balaban J connectivity index is 2.52. The van der Waals surface area contributed by atoms with Gasteiger partial charge in [-0.25, -0.2) is 0 Å². The summed E-state index contributed by atoms with van der Waals surface area (Å²) in [6.07, 6.45) is 17.6. The van der Waals surface area contributed by atoms with Crippen molar-refractivity contribution in [3.05, 3.63) is 0 Å². The van der Waals surface area contributed by atoms with Gasteiger partial charge >= 0.3 is 0 Å². The lowest BCUT2D eigenvalue weighted by atomic mass is 9.69. The second-order valence-corrected chi connectivity index (χ2v) is 6.46. The third kappa shape index (κ3) is 5.02. The van der Waals surface area contributed by atoms with Crippen LogP contribution < -0.4 is 0 Å². The number of rotatable bonds is 3. The summed E-state index contributed by atoms with van der Waals surface area (Å²) >= 11 is 0. The minimum absolute atomic E-state index is 0.619. The van der Waals surface area contributed by atoms with Crippen LogP contribution in [0.3, 0.4) is 0 Å². The molecule has 0 saturated heterocycles. The molecule has 1 aliphatic carbocycles. The quantitative estimate of drug-likeness (QED) is 0.538. The van der Waals surface area contributed by atoms with E-state index in [0.29, 0.717) is 5.41 Å². The molecule has 1 saturated carbocycles. The van der Waals surface area contributed by atoms with Crippen LogP contribution in [0, 0.1) is 11.3 Å². The summed E-state index contributed by atoms with van der Waals surface area (Å²) in [5.41, 5.74) is 0.619. The van der Waals surface area contributed by atoms with Crippen molar-refractivity contribution in [2.45, 2.75) is 97.8 Å². The summed E-state index contributed by atoms with van der Waals surface area (Å²) in [5, 5.41) is 0. The first-order chi connectivity index (χ1) is 8.23. The van der Waals surface area contributed by atoms with Gasteiger partial charge < -0.3 is 0 Å². The highest BCUT2D eigenvalue weighted by atomic mass is 14.3. The fraction of sp³-hybridized carbons (Fsp3) is 1.00. The zero-order valence-corrected chi connectivity index (χ0v) is 12.6. The Hall–Kier alpha value is 0. The van der Waals surface area contributed by atoms with Crippen LogP contribution in [0.25, 0.3) is 0 Å². The van der Waals surface area contributed by atoms with Crippen LogP contribution in [0.2, 0.25) is 0 Å². The van der Waals surface area contributed by atoms with Crippen LogP contribution in [0.4, 0.5) is 0 Å². The summed E-state index contributed by atoms with van der Waals surface area (Å²) in [6.45, 7) is 7.33. The van der Waals surface area contributed by atoms with E-state index in [2.05, 4.69) is 20.8 Å². The summed E-state index contributed by atoms with van der Waals surface area (Å²) < 4.78 is 0. The Kier molecular flexibility index (Phi) is 7.23. The molecular weight excluding hydrogens is 204 g/mol. The van der Waals surface area contributed by atoms with Gasteiger partial charge in [0.05, 0.1) is 0 Å². The molecule has 0 aromatic carbocycles. The number of hydrogen-bond acceptors (Lipinski definition) is 0. The molecule has 0 heteroatoms. The molecular formula is C17H34. The molecule has 0 nitrogen and oxygen atoms in total. The molecule has 17 heavy (non-hydrogen) atoms. The van der Waals surface area contributed by atoms with E-state index in [4.69, 9.17) is 0 Å². The highest BCUT2D eigenvalue weighted by molar-refractivity contribution is 4.80. The summed E-state index contributed by atoms with van der Waals surface area (Å²) in [6, 6.07) is 0. The van der Waals surface area contributed by atoms with Crippen molar-refractivity contribution < 1.29 is 0 Å². The zero-order chi connectivity index (χ0) is 12.6. The molecule has 102 valence electrons.